The van der Waals surface area contributed by atoms with Crippen molar-refractivity contribution >= 4 is 5.84 Å². The molecule has 162 valence electrons. The number of allylic oxidation sites excluding steroid dienone is 2. The first-order chi connectivity index (χ1) is 14.0. The molecule has 0 N–H and O–H groups in total. The Morgan fingerprint density at radius 1 is 1.20 bits per heavy atom. The number of amidine groups is 1. The third kappa shape index (κ3) is 3.18. The maximum absolute atomic E-state index is 14.6. The summed E-state index contributed by atoms with van der Waals surface area (Å²) >= 11 is 0. The van der Waals surface area contributed by atoms with Crippen LogP contribution in [0.25, 0.3) is 0 Å². The van der Waals surface area contributed by atoms with Crippen molar-refractivity contribution in [3.05, 3.63) is 47.0 Å². The summed E-state index contributed by atoms with van der Waals surface area (Å²) in [6.07, 6.45) is -3.37. The van der Waals surface area contributed by atoms with Gasteiger partial charge in [-0.05, 0) is 24.1 Å². The molecule has 3 heterocycles. The molecule has 30 heavy (non-hydrogen) atoms. The van der Waals surface area contributed by atoms with Crippen molar-refractivity contribution in [2.45, 2.75) is 37.1 Å². The normalized spacial score (nSPS) is 24.8. The van der Waals surface area contributed by atoms with Gasteiger partial charge in [-0.3, -0.25) is 4.99 Å². The summed E-state index contributed by atoms with van der Waals surface area (Å²) in [5, 5.41) is 0. The zero-order chi connectivity index (χ0) is 21.9. The van der Waals surface area contributed by atoms with Gasteiger partial charge in [0.1, 0.15) is 5.54 Å². The number of hydrogen-bond acceptors (Lipinski definition) is 5. The average molecular weight is 437 g/mol. The quantitative estimate of drug-likeness (QED) is 0.655. The second kappa shape index (κ2) is 6.61. The maximum Gasteiger partial charge on any atom is 0.417 e. The van der Waals surface area contributed by atoms with Gasteiger partial charge in [-0.15, -0.1) is 0 Å². The highest BCUT2D eigenvalue weighted by molar-refractivity contribution is 6.00. The fourth-order valence-electron chi connectivity index (χ4n) is 3.95. The molecule has 0 radical (unpaired) electrons. The van der Waals surface area contributed by atoms with E-state index in [0.717, 1.165) is 4.90 Å². The third-order valence-electron chi connectivity index (χ3n) is 5.20. The Balaban J connectivity index is 1.86. The van der Waals surface area contributed by atoms with Crippen LogP contribution < -0.4 is 4.74 Å². The molecule has 12 heteroatoms. The number of hydrogen-bond donors (Lipinski definition) is 0. The van der Waals surface area contributed by atoms with Crippen LogP contribution >= 0.6 is 0 Å². The Bertz CT molecular complexity index is 971. The predicted octanol–water partition coefficient (Wildman–Crippen LogP) is 4.47. The van der Waals surface area contributed by atoms with E-state index in [-0.39, 0.29) is 30.2 Å². The summed E-state index contributed by atoms with van der Waals surface area (Å²) < 4.78 is 104. The van der Waals surface area contributed by atoms with Gasteiger partial charge in [-0.1, -0.05) is 0 Å². The monoisotopic (exact) mass is 437 g/mol. The number of pyridine rings is 1. The second-order valence-corrected chi connectivity index (χ2v) is 7.01. The highest BCUT2D eigenvalue weighted by Gasteiger charge is 2.54. The van der Waals surface area contributed by atoms with E-state index < -0.39 is 47.6 Å². The molecule has 1 atom stereocenters. The molecule has 0 unspecified atom stereocenters. The van der Waals surface area contributed by atoms with Crippen molar-refractivity contribution in [3.8, 4) is 5.88 Å². The fraction of sp³-hybridized carbons (Fsp3) is 0.444. The van der Waals surface area contributed by atoms with Crippen molar-refractivity contribution in [2.24, 2.45) is 4.99 Å². The molecule has 0 fully saturated rings. The summed E-state index contributed by atoms with van der Waals surface area (Å²) in [5.74, 6) is -4.69. The molecule has 4 rings (SSSR count). The van der Waals surface area contributed by atoms with E-state index in [1.807, 2.05) is 0 Å². The van der Waals surface area contributed by atoms with Gasteiger partial charge in [0.15, 0.2) is 11.6 Å². The highest BCUT2D eigenvalue weighted by Crippen LogP contribution is 2.53. The van der Waals surface area contributed by atoms with Crippen LogP contribution in [0.5, 0.6) is 5.88 Å². The van der Waals surface area contributed by atoms with Crippen LogP contribution in [0.4, 0.5) is 30.7 Å². The van der Waals surface area contributed by atoms with Gasteiger partial charge in [0.2, 0.25) is 5.88 Å². The number of nitrogens with zero attached hydrogens (tertiary/aromatic N) is 3. The lowest BCUT2D eigenvalue weighted by atomic mass is 9.76. The van der Waals surface area contributed by atoms with Crippen LogP contribution in [0.3, 0.4) is 0 Å². The van der Waals surface area contributed by atoms with E-state index in [4.69, 9.17) is 4.74 Å². The van der Waals surface area contributed by atoms with Gasteiger partial charge in [0.05, 0.1) is 24.8 Å². The van der Waals surface area contributed by atoms with E-state index in [0.29, 0.717) is 12.3 Å². The molecule has 0 amide bonds. The molecule has 0 saturated heterocycles. The van der Waals surface area contributed by atoms with Crippen LogP contribution in [0.2, 0.25) is 0 Å². The molecule has 5 nitrogen and oxygen atoms in total. The van der Waals surface area contributed by atoms with Gasteiger partial charge >= 0.3 is 12.8 Å². The number of methoxy groups -OCH3 is 1. The lowest BCUT2D eigenvalue weighted by Gasteiger charge is -2.37. The van der Waals surface area contributed by atoms with Crippen LogP contribution in [0.15, 0.2) is 40.9 Å². The minimum absolute atomic E-state index is 0.0193. The first-order valence-corrected chi connectivity index (χ1v) is 8.71. The van der Waals surface area contributed by atoms with Crippen molar-refractivity contribution in [2.75, 3.05) is 13.7 Å². The summed E-state index contributed by atoms with van der Waals surface area (Å²) in [6, 6.07) is 1.29. The second-order valence-electron chi connectivity index (χ2n) is 7.01. The molecular weight excluding hydrogens is 423 g/mol. The SMILES string of the molecule is COc1nccc2c1C(F)(F)CC[C@@]21CN2C=C(C(F)(F)F)C=C(OC(F)F)C2=N1. The van der Waals surface area contributed by atoms with Crippen LogP contribution in [-0.4, -0.2) is 42.2 Å². The molecule has 0 saturated carbocycles. The number of aromatic nitrogens is 1. The van der Waals surface area contributed by atoms with Gasteiger partial charge < -0.3 is 14.4 Å². The van der Waals surface area contributed by atoms with Gasteiger partial charge in [0.25, 0.3) is 5.92 Å². The summed E-state index contributed by atoms with van der Waals surface area (Å²) in [4.78, 5) is 9.11. The summed E-state index contributed by atoms with van der Waals surface area (Å²) in [6.45, 7) is -3.65. The number of aliphatic imine (C=N–C) groups is 1. The van der Waals surface area contributed by atoms with E-state index >= 15 is 0 Å². The van der Waals surface area contributed by atoms with Crippen molar-refractivity contribution in [3.63, 3.8) is 0 Å². The number of rotatable bonds is 3. The summed E-state index contributed by atoms with van der Waals surface area (Å²) in [5.41, 5.74) is -3.11. The van der Waals surface area contributed by atoms with Crippen molar-refractivity contribution in [1.82, 2.24) is 9.88 Å². The van der Waals surface area contributed by atoms with Gasteiger partial charge in [-0.25, -0.2) is 13.8 Å². The van der Waals surface area contributed by atoms with E-state index in [9.17, 15) is 30.7 Å². The molecule has 1 aromatic heterocycles. The molecule has 1 aromatic rings. The van der Waals surface area contributed by atoms with Crippen LogP contribution in [0, 0.1) is 0 Å². The Labute approximate surface area is 165 Å². The zero-order valence-corrected chi connectivity index (χ0v) is 15.3. The minimum Gasteiger partial charge on any atom is -0.481 e. The average Bonchev–Trinajstić information content (AvgIpc) is 3.04. The smallest absolute Gasteiger partial charge is 0.417 e. The van der Waals surface area contributed by atoms with Crippen molar-refractivity contribution < 1.29 is 40.2 Å². The highest BCUT2D eigenvalue weighted by atomic mass is 19.4. The molecule has 1 aliphatic carbocycles. The molecule has 3 aliphatic rings. The van der Waals surface area contributed by atoms with E-state index in [1.54, 1.807) is 0 Å². The van der Waals surface area contributed by atoms with E-state index in [1.165, 1.54) is 19.4 Å². The van der Waals surface area contributed by atoms with Crippen LogP contribution in [-0.2, 0) is 16.2 Å². The lowest BCUT2D eigenvalue weighted by molar-refractivity contribution is -0.0981. The van der Waals surface area contributed by atoms with E-state index in [2.05, 4.69) is 14.7 Å². The minimum atomic E-state index is -4.83. The Hall–Kier alpha value is -2.79. The standard InChI is InChI=1S/C18H14F7N3O2/c1-29-14-12-10(2-5-26-14)16(3-4-17(12,21)22)8-28-7-9(18(23,24)25)6-11(13(28)27-16)30-15(19)20/h2,5-7,15H,3-4,8H2,1H3/t16-/m1/s1. The maximum atomic E-state index is 14.6. The fourth-order valence-corrected chi connectivity index (χ4v) is 3.95. The molecule has 0 bridgehead atoms. The van der Waals surface area contributed by atoms with Gasteiger partial charge in [0, 0.05) is 18.8 Å². The largest absolute Gasteiger partial charge is 0.481 e. The number of halogens is 7. The van der Waals surface area contributed by atoms with Crippen LogP contribution in [0.1, 0.15) is 24.0 Å². The summed E-state index contributed by atoms with van der Waals surface area (Å²) in [7, 11) is 1.17. The van der Waals surface area contributed by atoms with Gasteiger partial charge in [-0.2, -0.15) is 22.0 Å². The number of ether oxygens (including phenoxy) is 2. The topological polar surface area (TPSA) is 47.0 Å². The predicted molar refractivity (Wildman–Crippen MR) is 89.0 cm³/mol. The molecule has 1 spiro atoms. The number of alkyl halides is 7. The Kier molecular flexibility index (Phi) is 4.51. The number of fused-ring (bicyclic) bond motifs is 3. The lowest BCUT2D eigenvalue weighted by Crippen LogP contribution is -2.40. The third-order valence-corrected chi connectivity index (χ3v) is 5.20. The molecule has 2 aliphatic heterocycles. The Morgan fingerprint density at radius 2 is 1.93 bits per heavy atom. The Morgan fingerprint density at radius 3 is 2.57 bits per heavy atom. The first-order valence-electron chi connectivity index (χ1n) is 8.71. The first kappa shape index (κ1) is 20.5. The van der Waals surface area contributed by atoms with Crippen molar-refractivity contribution in [1.29, 1.82) is 0 Å². The molecular formula is C18H14F7N3O2. The molecule has 0 aromatic carbocycles. The zero-order valence-electron chi connectivity index (χ0n) is 15.3.